The summed E-state index contributed by atoms with van der Waals surface area (Å²) in [4.78, 5) is 0. The van der Waals surface area contributed by atoms with Crippen LogP contribution in [0, 0.1) is 18.8 Å². The lowest BCUT2D eigenvalue weighted by molar-refractivity contribution is -0.368. The SMILES string of the molecule is CC#Cc1ccc(Cc2cc3c(cc2C)COC32O[C@H](CO)[C@@H](O)[C@H](O)[C@H]2O)cc1. The molecule has 1 spiro atoms. The second-order valence-electron chi connectivity index (χ2n) is 7.91. The van der Waals surface area contributed by atoms with Crippen molar-refractivity contribution in [2.45, 2.75) is 57.1 Å². The van der Waals surface area contributed by atoms with Crippen molar-refractivity contribution < 1.29 is 29.9 Å². The molecule has 6 nitrogen and oxygen atoms in total. The Morgan fingerprint density at radius 2 is 1.83 bits per heavy atom. The highest BCUT2D eigenvalue weighted by atomic mass is 16.7. The van der Waals surface area contributed by atoms with E-state index in [0.717, 1.165) is 27.8 Å². The standard InChI is InChI=1S/C24H26O6/c1-3-4-15-5-7-16(8-6-15)10-17-11-19-18(9-14(17)2)13-29-24(19)23(28)22(27)21(26)20(12-25)30-24/h5-9,11,20-23,25-28H,10,12-13H2,1-2H3/t20-,21-,22+,23-,24?/m1/s1. The van der Waals surface area contributed by atoms with Gasteiger partial charge in [-0.2, -0.15) is 0 Å². The van der Waals surface area contributed by atoms with Crippen molar-refractivity contribution in [2.24, 2.45) is 0 Å². The Labute approximate surface area is 175 Å². The van der Waals surface area contributed by atoms with Crippen LogP contribution in [0.15, 0.2) is 36.4 Å². The lowest BCUT2D eigenvalue weighted by Gasteiger charge is -2.46. The molecule has 1 unspecified atom stereocenters. The second-order valence-corrected chi connectivity index (χ2v) is 7.91. The number of benzene rings is 2. The van der Waals surface area contributed by atoms with Crippen molar-refractivity contribution in [2.75, 3.05) is 6.61 Å². The molecule has 0 aromatic heterocycles. The maximum absolute atomic E-state index is 10.7. The lowest BCUT2D eigenvalue weighted by atomic mass is 9.85. The molecular formula is C24H26O6. The number of aryl methyl sites for hydroxylation is 1. The van der Waals surface area contributed by atoms with Crippen molar-refractivity contribution in [1.29, 1.82) is 0 Å². The molecule has 0 bridgehead atoms. The smallest absolute Gasteiger partial charge is 0.225 e. The van der Waals surface area contributed by atoms with E-state index >= 15 is 0 Å². The maximum Gasteiger partial charge on any atom is 0.225 e. The quantitative estimate of drug-likeness (QED) is 0.566. The molecule has 0 radical (unpaired) electrons. The Morgan fingerprint density at radius 1 is 1.10 bits per heavy atom. The van der Waals surface area contributed by atoms with Gasteiger partial charge in [-0.05, 0) is 60.7 Å². The molecule has 4 rings (SSSR count). The van der Waals surface area contributed by atoms with E-state index < -0.39 is 36.8 Å². The van der Waals surface area contributed by atoms with Gasteiger partial charge in [-0.15, -0.1) is 5.92 Å². The summed E-state index contributed by atoms with van der Waals surface area (Å²) in [6.45, 7) is 3.53. The molecule has 158 valence electrons. The summed E-state index contributed by atoms with van der Waals surface area (Å²) in [5.74, 6) is 4.29. The van der Waals surface area contributed by atoms with Crippen LogP contribution in [0.25, 0.3) is 0 Å². The van der Waals surface area contributed by atoms with Crippen LogP contribution < -0.4 is 0 Å². The number of ether oxygens (including phenoxy) is 2. The molecular weight excluding hydrogens is 384 g/mol. The third-order valence-electron chi connectivity index (χ3n) is 5.95. The fourth-order valence-electron chi connectivity index (χ4n) is 4.26. The van der Waals surface area contributed by atoms with E-state index in [1.54, 1.807) is 6.92 Å². The molecule has 5 atom stereocenters. The number of rotatable bonds is 3. The van der Waals surface area contributed by atoms with Crippen molar-refractivity contribution in [3.8, 4) is 11.8 Å². The van der Waals surface area contributed by atoms with E-state index in [1.165, 1.54) is 0 Å². The molecule has 0 saturated carbocycles. The number of aliphatic hydroxyl groups excluding tert-OH is 4. The first-order valence-corrected chi connectivity index (χ1v) is 10.0. The Morgan fingerprint density at radius 3 is 2.50 bits per heavy atom. The molecule has 1 saturated heterocycles. The van der Waals surface area contributed by atoms with Crippen molar-refractivity contribution in [3.05, 3.63) is 69.8 Å². The largest absolute Gasteiger partial charge is 0.394 e. The molecule has 2 aliphatic heterocycles. The molecule has 2 heterocycles. The van der Waals surface area contributed by atoms with E-state index in [1.807, 2.05) is 43.3 Å². The van der Waals surface area contributed by atoms with Crippen LogP contribution in [-0.2, 0) is 28.3 Å². The zero-order valence-electron chi connectivity index (χ0n) is 17.0. The molecule has 4 N–H and O–H groups in total. The second kappa shape index (κ2) is 8.12. The molecule has 2 aromatic carbocycles. The zero-order valence-corrected chi connectivity index (χ0v) is 17.0. The minimum absolute atomic E-state index is 0.207. The van der Waals surface area contributed by atoms with Crippen LogP contribution >= 0.6 is 0 Å². The normalized spacial score (nSPS) is 30.1. The van der Waals surface area contributed by atoms with Crippen LogP contribution in [0.2, 0.25) is 0 Å². The van der Waals surface area contributed by atoms with Crippen LogP contribution in [0.4, 0.5) is 0 Å². The molecule has 2 aliphatic rings. The van der Waals surface area contributed by atoms with Gasteiger partial charge in [-0.25, -0.2) is 0 Å². The van der Waals surface area contributed by atoms with E-state index in [2.05, 4.69) is 11.8 Å². The zero-order chi connectivity index (χ0) is 21.5. The van der Waals surface area contributed by atoms with Gasteiger partial charge >= 0.3 is 0 Å². The van der Waals surface area contributed by atoms with Crippen LogP contribution in [0.1, 0.15) is 40.3 Å². The highest BCUT2D eigenvalue weighted by Crippen LogP contribution is 2.46. The van der Waals surface area contributed by atoms with E-state index in [9.17, 15) is 20.4 Å². The fourth-order valence-corrected chi connectivity index (χ4v) is 4.26. The van der Waals surface area contributed by atoms with Gasteiger partial charge < -0.3 is 29.9 Å². The summed E-state index contributed by atoms with van der Waals surface area (Å²) in [7, 11) is 0. The van der Waals surface area contributed by atoms with Gasteiger partial charge in [0, 0.05) is 11.1 Å². The van der Waals surface area contributed by atoms with Gasteiger partial charge in [0.2, 0.25) is 5.79 Å². The van der Waals surface area contributed by atoms with E-state index in [0.29, 0.717) is 12.0 Å². The van der Waals surface area contributed by atoms with Crippen LogP contribution in [0.5, 0.6) is 0 Å². The average Bonchev–Trinajstić information content (AvgIpc) is 3.09. The molecule has 1 fully saturated rings. The first-order valence-electron chi connectivity index (χ1n) is 10.0. The number of hydrogen-bond acceptors (Lipinski definition) is 6. The first-order chi connectivity index (χ1) is 14.4. The molecule has 0 aliphatic carbocycles. The molecule has 6 heteroatoms. The molecule has 30 heavy (non-hydrogen) atoms. The lowest BCUT2D eigenvalue weighted by Crippen LogP contribution is -2.63. The topological polar surface area (TPSA) is 99.4 Å². The average molecular weight is 410 g/mol. The summed E-state index contributed by atoms with van der Waals surface area (Å²) >= 11 is 0. The van der Waals surface area contributed by atoms with Crippen molar-refractivity contribution >= 4 is 0 Å². The molecule has 2 aromatic rings. The minimum Gasteiger partial charge on any atom is -0.394 e. The van der Waals surface area contributed by atoms with Gasteiger partial charge in [0.15, 0.2) is 0 Å². The van der Waals surface area contributed by atoms with Gasteiger partial charge in [-0.3, -0.25) is 0 Å². The van der Waals surface area contributed by atoms with E-state index in [-0.39, 0.29) is 6.61 Å². The summed E-state index contributed by atoms with van der Waals surface area (Å²) in [6.07, 6.45) is -4.79. The summed E-state index contributed by atoms with van der Waals surface area (Å²) < 4.78 is 11.7. The molecule has 0 amide bonds. The Hall–Kier alpha value is -2.24. The van der Waals surface area contributed by atoms with E-state index in [4.69, 9.17) is 9.47 Å². The summed E-state index contributed by atoms with van der Waals surface area (Å²) in [5.41, 5.74) is 5.65. The van der Waals surface area contributed by atoms with Gasteiger partial charge in [0.1, 0.15) is 24.4 Å². The minimum atomic E-state index is -1.62. The van der Waals surface area contributed by atoms with Crippen molar-refractivity contribution in [3.63, 3.8) is 0 Å². The summed E-state index contributed by atoms with van der Waals surface area (Å²) in [5, 5.41) is 40.7. The van der Waals surface area contributed by atoms with Crippen LogP contribution in [-0.4, -0.2) is 51.4 Å². The van der Waals surface area contributed by atoms with Gasteiger partial charge in [0.25, 0.3) is 0 Å². The highest BCUT2D eigenvalue weighted by Gasteiger charge is 2.58. The monoisotopic (exact) mass is 410 g/mol. The maximum atomic E-state index is 10.7. The van der Waals surface area contributed by atoms with Crippen molar-refractivity contribution in [1.82, 2.24) is 0 Å². The van der Waals surface area contributed by atoms with Gasteiger partial charge in [-0.1, -0.05) is 24.1 Å². The van der Waals surface area contributed by atoms with Gasteiger partial charge in [0.05, 0.1) is 13.2 Å². The Bertz CT molecular complexity index is 987. The highest BCUT2D eigenvalue weighted by molar-refractivity contribution is 5.45. The summed E-state index contributed by atoms with van der Waals surface area (Å²) in [6, 6.07) is 12.0. The number of fused-ring (bicyclic) bond motifs is 2. The number of hydrogen-bond donors (Lipinski definition) is 4. The number of aliphatic hydroxyl groups is 4. The van der Waals surface area contributed by atoms with Crippen LogP contribution in [0.3, 0.4) is 0 Å². The Kier molecular flexibility index (Phi) is 5.69. The Balaban J connectivity index is 1.70. The first kappa shape index (κ1) is 21.0. The third kappa shape index (κ3) is 3.44. The predicted molar refractivity (Wildman–Crippen MR) is 109 cm³/mol. The third-order valence-corrected chi connectivity index (χ3v) is 5.95. The predicted octanol–water partition coefficient (Wildman–Crippen LogP) is 1.11. The fraction of sp³-hybridized carbons (Fsp3) is 0.417.